The highest BCUT2D eigenvalue weighted by atomic mass is 35.5. The third-order valence-corrected chi connectivity index (χ3v) is 2.60. The summed E-state index contributed by atoms with van der Waals surface area (Å²) in [5, 5.41) is 1.97. The molecule has 0 aliphatic heterocycles. The molecule has 0 aromatic heterocycles. The lowest BCUT2D eigenvalue weighted by Crippen LogP contribution is -2.36. The minimum Gasteiger partial charge on any atom is -0.444 e. The summed E-state index contributed by atoms with van der Waals surface area (Å²) in [4.78, 5) is 11.2. The molecule has 0 saturated carbocycles. The summed E-state index contributed by atoms with van der Waals surface area (Å²) in [7, 11) is 0. The molecule has 1 amide bonds. The highest BCUT2D eigenvalue weighted by Gasteiger charge is 2.31. The lowest BCUT2D eigenvalue weighted by molar-refractivity contribution is -0.137. The zero-order valence-electron chi connectivity index (χ0n) is 9.67. The number of alkyl carbamates (subject to hydrolysis) is 1. The van der Waals surface area contributed by atoms with Crippen molar-refractivity contribution in [1.29, 1.82) is 0 Å². The summed E-state index contributed by atoms with van der Waals surface area (Å²) >= 11 is 10.7. The average Bonchev–Trinajstić information content (AvgIpc) is 2.36. The number of nitrogens with one attached hydrogen (secondary N) is 1. The maximum atomic E-state index is 12.5. The Morgan fingerprint density at radius 1 is 1.45 bits per heavy atom. The van der Waals surface area contributed by atoms with Gasteiger partial charge in [-0.1, -0.05) is 11.6 Å². The Morgan fingerprint density at radius 3 is 2.65 bits per heavy atom. The van der Waals surface area contributed by atoms with Crippen LogP contribution in [0.2, 0.25) is 5.02 Å². The van der Waals surface area contributed by atoms with Crippen molar-refractivity contribution in [2.45, 2.75) is 12.8 Å². The molecular formula is C10H8Cl2F3N3O2. The van der Waals surface area contributed by atoms with Crippen molar-refractivity contribution in [1.82, 2.24) is 5.32 Å². The summed E-state index contributed by atoms with van der Waals surface area (Å²) in [6.45, 7) is -0.468. The van der Waals surface area contributed by atoms with Crippen LogP contribution in [0.4, 0.5) is 18.0 Å². The van der Waals surface area contributed by atoms with Gasteiger partial charge in [-0.15, -0.1) is 4.51 Å². The molecule has 20 heavy (non-hydrogen) atoms. The number of hydrogen-bond acceptors (Lipinski definition) is 3. The number of benzene rings is 1. The van der Waals surface area contributed by atoms with Crippen molar-refractivity contribution in [3.05, 3.63) is 34.3 Å². The third-order valence-electron chi connectivity index (χ3n) is 2.05. The van der Waals surface area contributed by atoms with E-state index in [2.05, 4.69) is 9.25 Å². The molecule has 0 fully saturated rings. The number of rotatable bonds is 2. The van der Waals surface area contributed by atoms with E-state index in [1.54, 1.807) is 0 Å². The summed E-state index contributed by atoms with van der Waals surface area (Å²) in [5.41, 5.74) is 4.18. The molecule has 5 nitrogen and oxygen atoms in total. The molecule has 0 bridgehead atoms. The van der Waals surface area contributed by atoms with E-state index >= 15 is 0 Å². The molecule has 1 rings (SSSR count). The SMILES string of the molecule is NC(=NCl)NC(=O)OCc1cc(C(F)(F)F)ccc1Cl. The molecule has 0 spiro atoms. The average molecular weight is 330 g/mol. The third kappa shape index (κ3) is 4.78. The highest BCUT2D eigenvalue weighted by Crippen LogP contribution is 2.31. The molecule has 1 aromatic rings. The minimum absolute atomic E-state index is 0.00183. The van der Waals surface area contributed by atoms with Gasteiger partial charge in [0, 0.05) is 22.4 Å². The second-order valence-electron chi connectivity index (χ2n) is 3.47. The van der Waals surface area contributed by atoms with E-state index in [1.165, 1.54) is 0 Å². The largest absolute Gasteiger partial charge is 0.444 e. The number of nitrogens with two attached hydrogens (primary N) is 1. The van der Waals surface area contributed by atoms with E-state index in [9.17, 15) is 18.0 Å². The van der Waals surface area contributed by atoms with Crippen LogP contribution in [0.25, 0.3) is 0 Å². The first-order valence-electron chi connectivity index (χ1n) is 4.98. The van der Waals surface area contributed by atoms with Crippen molar-refractivity contribution in [2.24, 2.45) is 10.2 Å². The summed E-state index contributed by atoms with van der Waals surface area (Å²) in [5.74, 6) is -0.410. The normalized spacial score (nSPS) is 12.2. The molecular weight excluding hydrogens is 322 g/mol. The zero-order chi connectivity index (χ0) is 15.3. The second-order valence-corrected chi connectivity index (χ2v) is 4.05. The number of amides is 1. The fraction of sp³-hybridized carbons (Fsp3) is 0.200. The Labute approximate surface area is 121 Å². The van der Waals surface area contributed by atoms with Crippen molar-refractivity contribution < 1.29 is 22.7 Å². The Balaban J connectivity index is 2.75. The van der Waals surface area contributed by atoms with Crippen LogP contribution in [0.5, 0.6) is 0 Å². The van der Waals surface area contributed by atoms with Gasteiger partial charge in [0.15, 0.2) is 0 Å². The van der Waals surface area contributed by atoms with E-state index in [0.29, 0.717) is 0 Å². The fourth-order valence-corrected chi connectivity index (χ4v) is 1.38. The minimum atomic E-state index is -4.52. The zero-order valence-corrected chi connectivity index (χ0v) is 11.2. The van der Waals surface area contributed by atoms with Gasteiger partial charge in [0.1, 0.15) is 6.61 Å². The van der Waals surface area contributed by atoms with Crippen LogP contribution in [-0.4, -0.2) is 12.1 Å². The molecule has 0 aliphatic carbocycles. The van der Waals surface area contributed by atoms with E-state index in [4.69, 9.17) is 29.1 Å². The number of guanidine groups is 1. The first kappa shape index (κ1) is 16.4. The van der Waals surface area contributed by atoms with Gasteiger partial charge in [0.2, 0.25) is 5.96 Å². The van der Waals surface area contributed by atoms with Crippen LogP contribution in [0.3, 0.4) is 0 Å². The molecule has 0 unspecified atom stereocenters. The van der Waals surface area contributed by atoms with Crippen molar-refractivity contribution in [3.63, 3.8) is 0 Å². The molecule has 1 aromatic carbocycles. The van der Waals surface area contributed by atoms with Crippen molar-refractivity contribution in [3.8, 4) is 0 Å². The maximum Gasteiger partial charge on any atom is 0.416 e. The molecule has 3 N–H and O–H groups in total. The lowest BCUT2D eigenvalue weighted by Gasteiger charge is -2.11. The van der Waals surface area contributed by atoms with Crippen LogP contribution in [-0.2, 0) is 17.5 Å². The van der Waals surface area contributed by atoms with Crippen molar-refractivity contribution in [2.75, 3.05) is 0 Å². The smallest absolute Gasteiger partial charge is 0.416 e. The fourth-order valence-electron chi connectivity index (χ4n) is 1.17. The number of carbonyl (C=O) groups excluding carboxylic acids is 1. The van der Waals surface area contributed by atoms with Crippen LogP contribution in [0.1, 0.15) is 11.1 Å². The van der Waals surface area contributed by atoms with E-state index in [-0.39, 0.29) is 10.6 Å². The van der Waals surface area contributed by atoms with Gasteiger partial charge in [0.05, 0.1) is 5.56 Å². The maximum absolute atomic E-state index is 12.5. The van der Waals surface area contributed by atoms with Gasteiger partial charge >= 0.3 is 12.3 Å². The molecule has 10 heteroatoms. The lowest BCUT2D eigenvalue weighted by atomic mass is 10.1. The summed E-state index contributed by atoms with van der Waals surface area (Å²) in [6.07, 6.45) is -5.54. The molecule has 110 valence electrons. The van der Waals surface area contributed by atoms with Gasteiger partial charge < -0.3 is 10.5 Å². The first-order chi connectivity index (χ1) is 9.24. The number of ether oxygens (including phenoxy) is 1. The highest BCUT2D eigenvalue weighted by molar-refractivity contribution is 6.31. The quantitative estimate of drug-likeness (QED) is 0.646. The van der Waals surface area contributed by atoms with E-state index in [0.717, 1.165) is 18.2 Å². The van der Waals surface area contributed by atoms with Crippen LogP contribution in [0.15, 0.2) is 22.7 Å². The van der Waals surface area contributed by atoms with Gasteiger partial charge in [-0.05, 0) is 18.2 Å². The van der Waals surface area contributed by atoms with Gasteiger partial charge in [-0.2, -0.15) is 13.2 Å². The molecule has 0 atom stereocenters. The molecule has 0 heterocycles. The summed E-state index contributed by atoms with van der Waals surface area (Å²) in [6, 6.07) is 2.67. The van der Waals surface area contributed by atoms with Gasteiger partial charge in [-0.25, -0.2) is 4.79 Å². The van der Waals surface area contributed by atoms with Gasteiger partial charge in [0.25, 0.3) is 0 Å². The monoisotopic (exact) mass is 329 g/mol. The second kappa shape index (κ2) is 6.67. The van der Waals surface area contributed by atoms with E-state index in [1.807, 2.05) is 5.32 Å². The predicted octanol–water partition coefficient (Wildman–Crippen LogP) is 3.05. The topological polar surface area (TPSA) is 76.7 Å². The Bertz CT molecular complexity index is 535. The number of halogens is 5. The number of carbonyl (C=O) groups is 1. The standard InChI is InChI=1S/C10H8Cl2F3N3O2/c11-7-2-1-6(10(13,14)15)3-5(7)4-20-9(19)17-8(16)18-12/h1-3H,4H2,(H3,16,17,18,19). The predicted molar refractivity (Wildman–Crippen MR) is 67.3 cm³/mol. The number of hydrogen-bond donors (Lipinski definition) is 2. The van der Waals surface area contributed by atoms with Gasteiger partial charge in [-0.3, -0.25) is 5.32 Å². The van der Waals surface area contributed by atoms with Crippen LogP contribution >= 0.6 is 23.4 Å². The first-order valence-corrected chi connectivity index (χ1v) is 5.69. The number of nitrogens with zero attached hydrogens (tertiary/aromatic N) is 1. The van der Waals surface area contributed by atoms with Crippen LogP contribution < -0.4 is 11.1 Å². The van der Waals surface area contributed by atoms with E-state index < -0.39 is 30.4 Å². The molecule has 0 saturated heterocycles. The summed E-state index contributed by atoms with van der Waals surface area (Å²) < 4.78 is 45.1. The Kier molecular flexibility index (Phi) is 5.46. The Hall–Kier alpha value is -1.67. The van der Waals surface area contributed by atoms with Crippen molar-refractivity contribution >= 4 is 35.4 Å². The molecule has 0 radical (unpaired) electrons. The number of alkyl halides is 3. The molecule has 0 aliphatic rings. The van der Waals surface area contributed by atoms with Crippen LogP contribution in [0, 0.1) is 0 Å². The Morgan fingerprint density at radius 2 is 2.10 bits per heavy atom.